The highest BCUT2D eigenvalue weighted by atomic mass is 16.5. The Kier molecular flexibility index (Phi) is 6.82. The predicted molar refractivity (Wildman–Crippen MR) is 139 cm³/mol. The van der Waals surface area contributed by atoms with Gasteiger partial charge in [-0.1, -0.05) is 55.4 Å². The first-order chi connectivity index (χ1) is 17.9. The van der Waals surface area contributed by atoms with Crippen LogP contribution in [0.15, 0.2) is 59.3 Å². The number of nitrogens with zero attached hydrogens (tertiary/aromatic N) is 5. The minimum atomic E-state index is -0.410. The van der Waals surface area contributed by atoms with Gasteiger partial charge in [0, 0.05) is 31.4 Å². The molecule has 5 rings (SSSR count). The van der Waals surface area contributed by atoms with Crippen LogP contribution in [0.25, 0.3) is 11.5 Å². The second-order valence-corrected chi connectivity index (χ2v) is 9.39. The molecule has 3 heterocycles. The van der Waals surface area contributed by atoms with Crippen LogP contribution in [0.4, 0.5) is 17.5 Å². The summed E-state index contributed by atoms with van der Waals surface area (Å²) in [5.41, 5.74) is 4.36. The summed E-state index contributed by atoms with van der Waals surface area (Å²) in [7, 11) is 1.80. The van der Waals surface area contributed by atoms with E-state index < -0.39 is 6.04 Å². The van der Waals surface area contributed by atoms with Gasteiger partial charge in [-0.05, 0) is 28.8 Å². The third-order valence-electron chi connectivity index (χ3n) is 6.31. The van der Waals surface area contributed by atoms with Gasteiger partial charge >= 0.3 is 0 Å². The Balaban J connectivity index is 1.48. The van der Waals surface area contributed by atoms with Gasteiger partial charge in [0.1, 0.15) is 11.4 Å². The lowest BCUT2D eigenvalue weighted by molar-refractivity contribution is -0.130. The Morgan fingerprint density at radius 1 is 1.11 bits per heavy atom. The average Bonchev–Trinajstić information content (AvgIpc) is 3.39. The maximum absolute atomic E-state index is 12.0. The van der Waals surface area contributed by atoms with Gasteiger partial charge in [-0.3, -0.25) is 4.79 Å². The molecule has 0 spiro atoms. The monoisotopic (exact) mass is 499 g/mol. The van der Waals surface area contributed by atoms with E-state index in [0.29, 0.717) is 42.0 Å². The zero-order valence-corrected chi connectivity index (χ0v) is 21.0. The molecule has 10 heteroatoms. The van der Waals surface area contributed by atoms with Gasteiger partial charge < -0.3 is 25.2 Å². The van der Waals surface area contributed by atoms with Gasteiger partial charge in [0.25, 0.3) is 5.89 Å². The first-order valence-electron chi connectivity index (χ1n) is 12.2. The molecular formula is C27H29N7O3. The quantitative estimate of drug-likeness (QED) is 0.329. The molecule has 0 radical (unpaired) electrons. The zero-order chi connectivity index (χ0) is 25.9. The fourth-order valence-electron chi connectivity index (χ4n) is 4.17. The van der Waals surface area contributed by atoms with E-state index in [0.717, 1.165) is 22.4 Å². The number of hydrogen-bond donors (Lipinski definition) is 3. The number of nitrogens with one attached hydrogen (secondary N) is 2. The number of carbonyl (C=O) groups excluding carboxylic acids is 1. The van der Waals surface area contributed by atoms with Crippen molar-refractivity contribution in [1.29, 1.82) is 0 Å². The molecule has 0 saturated carbocycles. The third kappa shape index (κ3) is 5.29. The number of hydrogen-bond acceptors (Lipinski definition) is 9. The van der Waals surface area contributed by atoms with Crippen LogP contribution in [0.5, 0.6) is 0 Å². The van der Waals surface area contributed by atoms with Crippen LogP contribution >= 0.6 is 0 Å². The lowest BCUT2D eigenvalue weighted by Gasteiger charge is -2.25. The number of aromatic nitrogens is 4. The summed E-state index contributed by atoms with van der Waals surface area (Å²) in [5.74, 6) is 1.90. The second-order valence-electron chi connectivity index (χ2n) is 9.39. The van der Waals surface area contributed by atoms with E-state index in [1.807, 2.05) is 62.4 Å². The van der Waals surface area contributed by atoms with Gasteiger partial charge in [0.05, 0.1) is 19.1 Å². The van der Waals surface area contributed by atoms with Gasteiger partial charge in [0.15, 0.2) is 5.82 Å². The molecule has 0 aliphatic carbocycles. The minimum absolute atomic E-state index is 0.101. The molecule has 2 aromatic carbocycles. The van der Waals surface area contributed by atoms with Crippen molar-refractivity contribution in [2.45, 2.75) is 38.8 Å². The predicted octanol–water partition coefficient (Wildman–Crippen LogP) is 4.05. The van der Waals surface area contributed by atoms with Gasteiger partial charge in [-0.2, -0.15) is 9.97 Å². The van der Waals surface area contributed by atoms with Crippen molar-refractivity contribution in [2.75, 3.05) is 24.3 Å². The molecule has 4 aromatic rings. The zero-order valence-electron chi connectivity index (χ0n) is 21.0. The molecule has 1 aliphatic rings. The number of aliphatic hydroxyl groups excluding tert-OH is 1. The van der Waals surface area contributed by atoms with E-state index in [2.05, 4.69) is 25.8 Å². The lowest BCUT2D eigenvalue weighted by Crippen LogP contribution is -2.32. The minimum Gasteiger partial charge on any atom is -0.394 e. The Labute approximate surface area is 214 Å². The summed E-state index contributed by atoms with van der Waals surface area (Å²) in [4.78, 5) is 27.5. The van der Waals surface area contributed by atoms with Crippen molar-refractivity contribution in [3.8, 4) is 11.5 Å². The Bertz CT molecular complexity index is 1400. The standard InChI is InChI=1S/C27H29N7O3/c1-16(2)24-31-26(37-33-24)21-13-28-27(32-25(21)30-22(15-35)17-7-5-4-6-8-17)29-20-10-9-18-12-23(36)34(3)14-19(18)11-20/h4-11,13,16,22,35H,12,14-15H2,1-3H3,(H2,28,29,30,32)/t22-/m1/s1. The molecule has 0 saturated heterocycles. The Morgan fingerprint density at radius 2 is 1.92 bits per heavy atom. The fraction of sp³-hybridized carbons (Fsp3) is 0.296. The van der Waals surface area contributed by atoms with Crippen molar-refractivity contribution < 1.29 is 14.4 Å². The van der Waals surface area contributed by atoms with Gasteiger partial charge in [-0.15, -0.1) is 0 Å². The Hall–Kier alpha value is -4.31. The highest BCUT2D eigenvalue weighted by Gasteiger charge is 2.22. The largest absolute Gasteiger partial charge is 0.394 e. The summed E-state index contributed by atoms with van der Waals surface area (Å²) in [6.45, 7) is 4.39. The van der Waals surface area contributed by atoms with Crippen LogP contribution in [-0.4, -0.2) is 49.7 Å². The van der Waals surface area contributed by atoms with Crippen molar-refractivity contribution in [3.05, 3.63) is 77.2 Å². The fourth-order valence-corrected chi connectivity index (χ4v) is 4.17. The molecule has 37 heavy (non-hydrogen) atoms. The molecule has 190 valence electrons. The Morgan fingerprint density at radius 3 is 2.65 bits per heavy atom. The normalized spacial score (nSPS) is 14.0. The third-order valence-corrected chi connectivity index (χ3v) is 6.31. The van der Waals surface area contributed by atoms with Crippen LogP contribution in [0.3, 0.4) is 0 Å². The number of carbonyl (C=O) groups is 1. The van der Waals surface area contributed by atoms with Crippen LogP contribution in [0.2, 0.25) is 0 Å². The number of fused-ring (bicyclic) bond motifs is 1. The molecular weight excluding hydrogens is 470 g/mol. The summed E-state index contributed by atoms with van der Waals surface area (Å²) < 4.78 is 5.52. The lowest BCUT2D eigenvalue weighted by atomic mass is 9.99. The van der Waals surface area contributed by atoms with Crippen molar-refractivity contribution >= 4 is 23.4 Å². The first-order valence-corrected chi connectivity index (χ1v) is 12.2. The number of amides is 1. The van der Waals surface area contributed by atoms with Crippen molar-refractivity contribution in [3.63, 3.8) is 0 Å². The van der Waals surface area contributed by atoms with Crippen LogP contribution in [0.1, 0.15) is 48.3 Å². The molecule has 1 aliphatic heterocycles. The van der Waals surface area contributed by atoms with E-state index in [4.69, 9.17) is 9.51 Å². The van der Waals surface area contributed by atoms with E-state index in [1.165, 1.54) is 0 Å². The SMILES string of the molecule is CC(C)c1noc(-c2cnc(Nc3ccc4c(c3)CN(C)C(=O)C4)nc2N[C@H](CO)c2ccccc2)n1. The van der Waals surface area contributed by atoms with Gasteiger partial charge in [0.2, 0.25) is 11.9 Å². The highest BCUT2D eigenvalue weighted by Crippen LogP contribution is 2.31. The maximum Gasteiger partial charge on any atom is 0.263 e. The smallest absolute Gasteiger partial charge is 0.263 e. The first kappa shape index (κ1) is 24.4. The molecule has 2 aromatic heterocycles. The van der Waals surface area contributed by atoms with Crippen molar-refractivity contribution in [2.24, 2.45) is 0 Å². The number of aliphatic hydroxyl groups is 1. The molecule has 1 amide bonds. The van der Waals surface area contributed by atoms with Crippen LogP contribution in [-0.2, 0) is 17.8 Å². The maximum atomic E-state index is 12.0. The van der Waals surface area contributed by atoms with Crippen molar-refractivity contribution in [1.82, 2.24) is 25.0 Å². The van der Waals surface area contributed by atoms with E-state index in [9.17, 15) is 9.90 Å². The molecule has 0 fully saturated rings. The number of likely N-dealkylation sites (N-methyl/N-ethyl adjacent to an activating group) is 1. The number of benzene rings is 2. The highest BCUT2D eigenvalue weighted by molar-refractivity contribution is 5.81. The molecule has 0 unspecified atom stereocenters. The summed E-state index contributed by atoms with van der Waals surface area (Å²) >= 11 is 0. The topological polar surface area (TPSA) is 129 Å². The van der Waals surface area contributed by atoms with Crippen LogP contribution < -0.4 is 10.6 Å². The van der Waals surface area contributed by atoms with E-state index in [1.54, 1.807) is 18.1 Å². The number of rotatable bonds is 8. The summed E-state index contributed by atoms with van der Waals surface area (Å²) in [5, 5.41) is 20.8. The summed E-state index contributed by atoms with van der Waals surface area (Å²) in [6, 6.07) is 15.1. The molecule has 3 N–H and O–H groups in total. The van der Waals surface area contributed by atoms with Gasteiger partial charge in [-0.25, -0.2) is 4.98 Å². The molecule has 1 atom stereocenters. The molecule has 0 bridgehead atoms. The average molecular weight is 500 g/mol. The van der Waals surface area contributed by atoms with E-state index >= 15 is 0 Å². The number of anilines is 3. The molecule has 10 nitrogen and oxygen atoms in total. The van der Waals surface area contributed by atoms with Crippen LogP contribution in [0, 0.1) is 0 Å². The second kappa shape index (κ2) is 10.4. The van der Waals surface area contributed by atoms with E-state index in [-0.39, 0.29) is 18.4 Å². The summed E-state index contributed by atoms with van der Waals surface area (Å²) in [6.07, 6.45) is 2.02.